The number of hydrogen-bond acceptors (Lipinski definition) is 3. The highest BCUT2D eigenvalue weighted by atomic mass is 16.1. The molecular formula is C11H9N3O. The summed E-state index contributed by atoms with van der Waals surface area (Å²) in [5.41, 5.74) is 1.11. The first-order valence-corrected chi connectivity index (χ1v) is 4.49. The molecule has 0 atom stereocenters. The molecule has 4 nitrogen and oxygen atoms in total. The Morgan fingerprint density at radius 1 is 1.07 bits per heavy atom. The smallest absolute Gasteiger partial charge is 0.274 e. The standard InChI is InChI=1S/C11H9N3O/c15-11(10-3-1-2-6-13-10)14-9-4-7-12-8-5-9/h1-8H,(H,12,14,15). The Hall–Kier alpha value is -2.23. The third-order valence-electron chi connectivity index (χ3n) is 1.84. The van der Waals surface area contributed by atoms with E-state index in [1.165, 1.54) is 0 Å². The highest BCUT2D eigenvalue weighted by Gasteiger charge is 2.05. The van der Waals surface area contributed by atoms with Crippen LogP contribution in [0.3, 0.4) is 0 Å². The molecule has 4 heteroatoms. The van der Waals surface area contributed by atoms with Gasteiger partial charge >= 0.3 is 0 Å². The summed E-state index contributed by atoms with van der Waals surface area (Å²) in [4.78, 5) is 19.4. The summed E-state index contributed by atoms with van der Waals surface area (Å²) in [6, 6.07) is 8.65. The van der Waals surface area contributed by atoms with Crippen LogP contribution in [-0.2, 0) is 0 Å². The number of aromatic nitrogens is 2. The lowest BCUT2D eigenvalue weighted by atomic mass is 10.3. The van der Waals surface area contributed by atoms with E-state index in [0.29, 0.717) is 11.4 Å². The summed E-state index contributed by atoms with van der Waals surface area (Å²) in [6.07, 6.45) is 4.82. The van der Waals surface area contributed by atoms with E-state index >= 15 is 0 Å². The zero-order chi connectivity index (χ0) is 10.5. The van der Waals surface area contributed by atoms with Gasteiger partial charge < -0.3 is 5.32 Å². The van der Waals surface area contributed by atoms with Gasteiger partial charge in [0.25, 0.3) is 5.91 Å². The van der Waals surface area contributed by atoms with E-state index < -0.39 is 0 Å². The molecule has 0 saturated carbocycles. The van der Waals surface area contributed by atoms with Crippen molar-refractivity contribution in [1.29, 1.82) is 0 Å². The fraction of sp³-hybridized carbons (Fsp3) is 0. The summed E-state index contributed by atoms with van der Waals surface area (Å²) in [6.45, 7) is 0. The number of hydrogen-bond donors (Lipinski definition) is 1. The summed E-state index contributed by atoms with van der Waals surface area (Å²) < 4.78 is 0. The Kier molecular flexibility index (Phi) is 2.69. The molecule has 0 aliphatic heterocycles. The van der Waals surface area contributed by atoms with Crippen LogP contribution in [0.5, 0.6) is 0 Å². The maximum atomic E-state index is 11.6. The second-order valence-corrected chi connectivity index (χ2v) is 2.90. The molecule has 0 unspecified atom stereocenters. The molecule has 74 valence electrons. The quantitative estimate of drug-likeness (QED) is 0.801. The van der Waals surface area contributed by atoms with E-state index in [1.54, 1.807) is 48.9 Å². The van der Waals surface area contributed by atoms with Gasteiger partial charge in [0.2, 0.25) is 0 Å². The van der Waals surface area contributed by atoms with Gasteiger partial charge in [0.1, 0.15) is 5.69 Å². The molecule has 2 rings (SSSR count). The van der Waals surface area contributed by atoms with E-state index in [0.717, 1.165) is 0 Å². The maximum absolute atomic E-state index is 11.6. The molecule has 0 saturated heterocycles. The number of rotatable bonds is 2. The lowest BCUT2D eigenvalue weighted by Gasteiger charge is -2.02. The number of pyridine rings is 2. The summed E-state index contributed by atoms with van der Waals surface area (Å²) in [7, 11) is 0. The van der Waals surface area contributed by atoms with Crippen molar-refractivity contribution in [3.63, 3.8) is 0 Å². The van der Waals surface area contributed by atoms with Crippen molar-refractivity contribution < 1.29 is 4.79 Å². The molecule has 0 spiro atoms. The first-order chi connectivity index (χ1) is 7.36. The van der Waals surface area contributed by atoms with Crippen molar-refractivity contribution in [2.24, 2.45) is 0 Å². The van der Waals surface area contributed by atoms with E-state index in [2.05, 4.69) is 15.3 Å². The number of nitrogens with one attached hydrogen (secondary N) is 1. The van der Waals surface area contributed by atoms with Gasteiger partial charge in [-0.25, -0.2) is 0 Å². The molecule has 0 radical (unpaired) electrons. The largest absolute Gasteiger partial charge is 0.321 e. The van der Waals surface area contributed by atoms with Crippen molar-refractivity contribution >= 4 is 11.6 Å². The average molecular weight is 199 g/mol. The van der Waals surface area contributed by atoms with Gasteiger partial charge in [0.05, 0.1) is 0 Å². The molecule has 1 amide bonds. The van der Waals surface area contributed by atoms with E-state index in [4.69, 9.17) is 0 Å². The van der Waals surface area contributed by atoms with E-state index in [1.807, 2.05) is 0 Å². The van der Waals surface area contributed by atoms with Gasteiger partial charge in [0.15, 0.2) is 0 Å². The van der Waals surface area contributed by atoms with Crippen LogP contribution in [-0.4, -0.2) is 15.9 Å². The van der Waals surface area contributed by atoms with Crippen LogP contribution in [0.15, 0.2) is 48.9 Å². The third kappa shape index (κ3) is 2.37. The zero-order valence-electron chi connectivity index (χ0n) is 7.92. The van der Waals surface area contributed by atoms with Gasteiger partial charge in [-0.3, -0.25) is 14.8 Å². The van der Waals surface area contributed by atoms with Crippen LogP contribution >= 0.6 is 0 Å². The normalized spacial score (nSPS) is 9.60. The van der Waals surface area contributed by atoms with Gasteiger partial charge in [-0.15, -0.1) is 0 Å². The second-order valence-electron chi connectivity index (χ2n) is 2.90. The topological polar surface area (TPSA) is 54.9 Å². The lowest BCUT2D eigenvalue weighted by Crippen LogP contribution is -2.13. The highest BCUT2D eigenvalue weighted by molar-refractivity contribution is 6.02. The van der Waals surface area contributed by atoms with Gasteiger partial charge in [-0.2, -0.15) is 0 Å². The number of nitrogens with zero attached hydrogens (tertiary/aromatic N) is 2. The van der Waals surface area contributed by atoms with Gasteiger partial charge in [-0.05, 0) is 24.3 Å². The Labute approximate surface area is 87.0 Å². The van der Waals surface area contributed by atoms with Crippen molar-refractivity contribution in [2.75, 3.05) is 5.32 Å². The Morgan fingerprint density at radius 3 is 2.53 bits per heavy atom. The van der Waals surface area contributed by atoms with E-state index in [-0.39, 0.29) is 5.91 Å². The van der Waals surface area contributed by atoms with Crippen molar-refractivity contribution in [3.05, 3.63) is 54.6 Å². The summed E-state index contributed by atoms with van der Waals surface area (Å²) in [5, 5.41) is 2.72. The third-order valence-corrected chi connectivity index (χ3v) is 1.84. The monoisotopic (exact) mass is 199 g/mol. The fourth-order valence-corrected chi connectivity index (χ4v) is 1.13. The van der Waals surface area contributed by atoms with Crippen LogP contribution in [0.2, 0.25) is 0 Å². The first kappa shape index (κ1) is 9.33. The van der Waals surface area contributed by atoms with Crippen LogP contribution in [0.4, 0.5) is 5.69 Å². The second kappa shape index (κ2) is 4.32. The molecule has 15 heavy (non-hydrogen) atoms. The molecule has 2 aromatic heterocycles. The number of anilines is 1. The highest BCUT2D eigenvalue weighted by Crippen LogP contribution is 2.05. The number of amides is 1. The molecule has 0 aromatic carbocycles. The summed E-state index contributed by atoms with van der Waals surface area (Å²) >= 11 is 0. The predicted molar refractivity (Wildman–Crippen MR) is 56.4 cm³/mol. The van der Waals surface area contributed by atoms with Crippen molar-refractivity contribution in [2.45, 2.75) is 0 Å². The number of carbonyl (C=O) groups is 1. The molecular weight excluding hydrogens is 190 g/mol. The first-order valence-electron chi connectivity index (χ1n) is 4.49. The Morgan fingerprint density at radius 2 is 1.87 bits per heavy atom. The molecule has 0 fully saturated rings. The van der Waals surface area contributed by atoms with Gasteiger partial charge in [-0.1, -0.05) is 6.07 Å². The minimum absolute atomic E-state index is 0.221. The zero-order valence-corrected chi connectivity index (χ0v) is 7.92. The van der Waals surface area contributed by atoms with Gasteiger partial charge in [0, 0.05) is 24.3 Å². The minimum Gasteiger partial charge on any atom is -0.321 e. The SMILES string of the molecule is O=C(Nc1ccncc1)c1ccccn1. The minimum atomic E-state index is -0.221. The lowest BCUT2D eigenvalue weighted by molar-refractivity contribution is 0.102. The molecule has 0 aliphatic carbocycles. The van der Waals surface area contributed by atoms with E-state index in [9.17, 15) is 4.79 Å². The number of carbonyl (C=O) groups excluding carboxylic acids is 1. The molecule has 1 N–H and O–H groups in total. The van der Waals surface area contributed by atoms with Crippen LogP contribution < -0.4 is 5.32 Å². The molecule has 2 heterocycles. The average Bonchev–Trinajstić information content (AvgIpc) is 2.31. The van der Waals surface area contributed by atoms with Crippen LogP contribution in [0.1, 0.15) is 10.5 Å². The van der Waals surface area contributed by atoms with Crippen molar-refractivity contribution in [1.82, 2.24) is 9.97 Å². The molecule has 0 bridgehead atoms. The molecule has 0 aliphatic rings. The van der Waals surface area contributed by atoms with Crippen LogP contribution in [0, 0.1) is 0 Å². The Bertz CT molecular complexity index is 442. The predicted octanol–water partition coefficient (Wildman–Crippen LogP) is 1.73. The maximum Gasteiger partial charge on any atom is 0.274 e. The molecule has 2 aromatic rings. The Balaban J connectivity index is 2.12. The fourth-order valence-electron chi connectivity index (χ4n) is 1.13. The summed E-state index contributed by atoms with van der Waals surface area (Å²) in [5.74, 6) is -0.221. The van der Waals surface area contributed by atoms with Crippen molar-refractivity contribution in [3.8, 4) is 0 Å². The van der Waals surface area contributed by atoms with Crippen LogP contribution in [0.25, 0.3) is 0 Å².